The third kappa shape index (κ3) is 4.58. The zero-order valence-electron chi connectivity index (χ0n) is 13.6. The molecular weight excluding hydrogens is 276 g/mol. The average molecular weight is 302 g/mol. The summed E-state index contributed by atoms with van der Waals surface area (Å²) < 4.78 is 0. The van der Waals surface area contributed by atoms with Gasteiger partial charge in [-0.1, -0.05) is 26.7 Å². The minimum Gasteiger partial charge on any atom is -0.352 e. The maximum atomic E-state index is 12.5. The summed E-state index contributed by atoms with van der Waals surface area (Å²) in [5.41, 5.74) is 1.27. The van der Waals surface area contributed by atoms with Crippen molar-refractivity contribution in [1.29, 1.82) is 0 Å². The monoisotopic (exact) mass is 302 g/mol. The lowest BCUT2D eigenvalue weighted by molar-refractivity contribution is 0.0761. The van der Waals surface area contributed by atoms with Gasteiger partial charge in [0, 0.05) is 30.8 Å². The number of amides is 2. The topological polar surface area (TPSA) is 49.4 Å². The normalized spacial score (nSPS) is 15.5. The molecule has 1 fully saturated rings. The summed E-state index contributed by atoms with van der Waals surface area (Å²) in [6.45, 7) is 6.46. The molecule has 22 heavy (non-hydrogen) atoms. The van der Waals surface area contributed by atoms with Crippen LogP contribution >= 0.6 is 0 Å². The SMILES string of the molecule is CC(C)CNC(=O)c1ccc(C(=O)N2CCCCCC2)cc1. The summed E-state index contributed by atoms with van der Waals surface area (Å²) in [6.07, 6.45) is 4.58. The summed E-state index contributed by atoms with van der Waals surface area (Å²) in [6, 6.07) is 7.00. The van der Waals surface area contributed by atoms with Crippen LogP contribution in [0.25, 0.3) is 0 Å². The van der Waals surface area contributed by atoms with Crippen molar-refractivity contribution >= 4 is 11.8 Å². The molecule has 0 unspecified atom stereocenters. The highest BCUT2D eigenvalue weighted by Gasteiger charge is 2.17. The number of likely N-dealkylation sites (tertiary alicyclic amines) is 1. The van der Waals surface area contributed by atoms with Crippen LogP contribution in [-0.4, -0.2) is 36.3 Å². The number of carbonyl (C=O) groups is 2. The fraction of sp³-hybridized carbons (Fsp3) is 0.556. The number of benzene rings is 1. The minimum atomic E-state index is -0.0810. The standard InChI is InChI=1S/C18H26N2O2/c1-14(2)13-19-17(21)15-7-9-16(10-8-15)18(22)20-11-5-3-4-6-12-20/h7-10,14H,3-6,11-13H2,1-2H3,(H,19,21). The first-order chi connectivity index (χ1) is 10.6. The molecule has 0 bridgehead atoms. The predicted molar refractivity (Wildman–Crippen MR) is 88.0 cm³/mol. The molecule has 1 heterocycles. The first-order valence-electron chi connectivity index (χ1n) is 8.25. The van der Waals surface area contributed by atoms with Crippen LogP contribution in [0.2, 0.25) is 0 Å². The van der Waals surface area contributed by atoms with Gasteiger partial charge in [0.15, 0.2) is 0 Å². The summed E-state index contributed by atoms with van der Waals surface area (Å²) >= 11 is 0. The highest BCUT2D eigenvalue weighted by Crippen LogP contribution is 2.14. The quantitative estimate of drug-likeness (QED) is 0.929. The summed E-state index contributed by atoms with van der Waals surface area (Å²) in [5.74, 6) is 0.423. The fourth-order valence-electron chi connectivity index (χ4n) is 2.62. The van der Waals surface area contributed by atoms with Crippen LogP contribution in [0.4, 0.5) is 0 Å². The van der Waals surface area contributed by atoms with E-state index in [0.717, 1.165) is 25.9 Å². The lowest BCUT2D eigenvalue weighted by Crippen LogP contribution is -2.32. The van der Waals surface area contributed by atoms with E-state index in [-0.39, 0.29) is 11.8 Å². The first-order valence-corrected chi connectivity index (χ1v) is 8.25. The van der Waals surface area contributed by atoms with Crippen molar-refractivity contribution in [3.05, 3.63) is 35.4 Å². The lowest BCUT2D eigenvalue weighted by atomic mass is 10.1. The van der Waals surface area contributed by atoms with Gasteiger partial charge in [-0.25, -0.2) is 0 Å². The van der Waals surface area contributed by atoms with E-state index in [1.54, 1.807) is 24.3 Å². The molecule has 1 aromatic rings. The molecule has 4 heteroatoms. The molecule has 0 aliphatic carbocycles. The van der Waals surface area contributed by atoms with Gasteiger partial charge in [-0.2, -0.15) is 0 Å². The first kappa shape index (κ1) is 16.5. The number of hydrogen-bond acceptors (Lipinski definition) is 2. The molecule has 1 aliphatic rings. The van der Waals surface area contributed by atoms with E-state index in [9.17, 15) is 9.59 Å². The van der Waals surface area contributed by atoms with E-state index >= 15 is 0 Å². The van der Waals surface area contributed by atoms with Crippen molar-refractivity contribution < 1.29 is 9.59 Å². The lowest BCUT2D eigenvalue weighted by Gasteiger charge is -2.20. The predicted octanol–water partition coefficient (Wildman–Crippen LogP) is 3.09. The van der Waals surface area contributed by atoms with Crippen molar-refractivity contribution in [2.75, 3.05) is 19.6 Å². The van der Waals surface area contributed by atoms with E-state index in [1.807, 2.05) is 4.90 Å². The van der Waals surface area contributed by atoms with E-state index in [0.29, 0.717) is 23.6 Å². The Balaban J connectivity index is 1.98. The molecule has 120 valence electrons. The molecule has 0 atom stereocenters. The van der Waals surface area contributed by atoms with Gasteiger partial charge in [0.2, 0.25) is 0 Å². The number of rotatable bonds is 4. The summed E-state index contributed by atoms with van der Waals surface area (Å²) in [5, 5.41) is 2.88. The van der Waals surface area contributed by atoms with E-state index in [4.69, 9.17) is 0 Å². The maximum Gasteiger partial charge on any atom is 0.253 e. The van der Waals surface area contributed by atoms with Crippen molar-refractivity contribution in [2.45, 2.75) is 39.5 Å². The van der Waals surface area contributed by atoms with Gasteiger partial charge in [-0.3, -0.25) is 9.59 Å². The highest BCUT2D eigenvalue weighted by molar-refractivity contribution is 5.97. The zero-order valence-corrected chi connectivity index (χ0v) is 13.6. The van der Waals surface area contributed by atoms with Crippen LogP contribution < -0.4 is 5.32 Å². The second kappa shape index (κ2) is 7.97. The molecule has 1 saturated heterocycles. The van der Waals surface area contributed by atoms with Crippen molar-refractivity contribution in [3.63, 3.8) is 0 Å². The Labute approximate surface area is 132 Å². The van der Waals surface area contributed by atoms with Gasteiger partial charge in [0.25, 0.3) is 11.8 Å². The Hall–Kier alpha value is -1.84. The molecule has 1 aliphatic heterocycles. The minimum absolute atomic E-state index is 0.0797. The van der Waals surface area contributed by atoms with Crippen molar-refractivity contribution in [3.8, 4) is 0 Å². The number of carbonyl (C=O) groups excluding carboxylic acids is 2. The van der Waals surface area contributed by atoms with Gasteiger partial charge < -0.3 is 10.2 Å². The Bertz CT molecular complexity index is 500. The molecular formula is C18H26N2O2. The van der Waals surface area contributed by atoms with Gasteiger partial charge in [0.1, 0.15) is 0 Å². The Kier molecular flexibility index (Phi) is 5.99. The van der Waals surface area contributed by atoms with E-state index in [2.05, 4.69) is 19.2 Å². The van der Waals surface area contributed by atoms with Crippen LogP contribution in [-0.2, 0) is 0 Å². The molecule has 1 aromatic carbocycles. The van der Waals surface area contributed by atoms with Crippen LogP contribution in [0.15, 0.2) is 24.3 Å². The zero-order chi connectivity index (χ0) is 15.9. The molecule has 0 spiro atoms. The third-order valence-corrected chi connectivity index (χ3v) is 3.96. The van der Waals surface area contributed by atoms with Crippen LogP contribution in [0, 0.1) is 5.92 Å². The number of nitrogens with one attached hydrogen (secondary N) is 1. The van der Waals surface area contributed by atoms with E-state index < -0.39 is 0 Å². The Morgan fingerprint density at radius 2 is 1.55 bits per heavy atom. The van der Waals surface area contributed by atoms with E-state index in [1.165, 1.54) is 12.8 Å². The van der Waals surface area contributed by atoms with Crippen molar-refractivity contribution in [2.24, 2.45) is 5.92 Å². The van der Waals surface area contributed by atoms with Gasteiger partial charge in [-0.05, 0) is 43.0 Å². The van der Waals surface area contributed by atoms with Crippen LogP contribution in [0.5, 0.6) is 0 Å². The smallest absolute Gasteiger partial charge is 0.253 e. The second-order valence-electron chi connectivity index (χ2n) is 6.39. The number of nitrogens with zero attached hydrogens (tertiary/aromatic N) is 1. The average Bonchev–Trinajstić information content (AvgIpc) is 2.81. The molecule has 2 rings (SSSR count). The number of hydrogen-bond donors (Lipinski definition) is 1. The molecule has 0 saturated carbocycles. The summed E-state index contributed by atoms with van der Waals surface area (Å²) in [7, 11) is 0. The van der Waals surface area contributed by atoms with Crippen LogP contribution in [0.1, 0.15) is 60.2 Å². The van der Waals surface area contributed by atoms with Gasteiger partial charge in [0.05, 0.1) is 0 Å². The third-order valence-electron chi connectivity index (χ3n) is 3.96. The highest BCUT2D eigenvalue weighted by atomic mass is 16.2. The van der Waals surface area contributed by atoms with Crippen LogP contribution in [0.3, 0.4) is 0 Å². The Morgan fingerprint density at radius 3 is 2.09 bits per heavy atom. The molecule has 0 radical (unpaired) electrons. The Morgan fingerprint density at radius 1 is 1.00 bits per heavy atom. The largest absolute Gasteiger partial charge is 0.352 e. The molecule has 0 aromatic heterocycles. The second-order valence-corrected chi connectivity index (χ2v) is 6.39. The van der Waals surface area contributed by atoms with Gasteiger partial charge in [-0.15, -0.1) is 0 Å². The van der Waals surface area contributed by atoms with Gasteiger partial charge >= 0.3 is 0 Å². The summed E-state index contributed by atoms with van der Waals surface area (Å²) in [4.78, 5) is 26.4. The molecule has 1 N–H and O–H groups in total. The maximum absolute atomic E-state index is 12.5. The fourth-order valence-corrected chi connectivity index (χ4v) is 2.62. The molecule has 4 nitrogen and oxygen atoms in total. The van der Waals surface area contributed by atoms with Crippen molar-refractivity contribution in [1.82, 2.24) is 10.2 Å². The molecule has 2 amide bonds.